The monoisotopic (exact) mass is 1480 g/mol. The van der Waals surface area contributed by atoms with Gasteiger partial charge in [0.05, 0.1) is 26.4 Å². The van der Waals surface area contributed by atoms with Crippen molar-refractivity contribution in [2.75, 3.05) is 39.6 Å². The highest BCUT2D eigenvalue weighted by Crippen LogP contribution is 2.45. The first kappa shape index (κ1) is 99.1. The number of hydrogen-bond acceptors (Lipinski definition) is 15. The van der Waals surface area contributed by atoms with E-state index in [0.29, 0.717) is 31.6 Å². The molecular weight excluding hydrogens is 1320 g/mol. The fourth-order valence-corrected chi connectivity index (χ4v) is 14.3. The maximum atomic E-state index is 13.1. The van der Waals surface area contributed by atoms with Crippen LogP contribution in [-0.4, -0.2) is 96.7 Å². The van der Waals surface area contributed by atoms with Crippen molar-refractivity contribution in [1.29, 1.82) is 0 Å². The van der Waals surface area contributed by atoms with E-state index < -0.39 is 97.5 Å². The van der Waals surface area contributed by atoms with Crippen molar-refractivity contribution in [2.45, 2.75) is 452 Å². The minimum absolute atomic E-state index is 0.107. The Hall–Kier alpha value is -1.94. The minimum atomic E-state index is -4.96. The summed E-state index contributed by atoms with van der Waals surface area (Å²) < 4.78 is 68.7. The Kier molecular flexibility index (Phi) is 72.2. The van der Waals surface area contributed by atoms with E-state index in [9.17, 15) is 43.2 Å². The zero-order valence-electron chi connectivity index (χ0n) is 66.2. The molecule has 0 aromatic heterocycles. The number of phosphoric ester groups is 2. The van der Waals surface area contributed by atoms with Crippen LogP contribution in [0.2, 0.25) is 0 Å². The highest BCUT2D eigenvalue weighted by molar-refractivity contribution is 7.47. The Morgan fingerprint density at radius 2 is 0.455 bits per heavy atom. The second-order valence-electron chi connectivity index (χ2n) is 30.5. The van der Waals surface area contributed by atoms with Gasteiger partial charge in [-0.1, -0.05) is 382 Å². The van der Waals surface area contributed by atoms with E-state index >= 15 is 0 Å². The fraction of sp³-hybridized carbons (Fsp3) is 0.951. The summed E-state index contributed by atoms with van der Waals surface area (Å²) in [7, 11) is -9.92. The Labute approximate surface area is 619 Å². The van der Waals surface area contributed by atoms with Gasteiger partial charge >= 0.3 is 39.5 Å². The molecule has 19 heteroatoms. The maximum Gasteiger partial charge on any atom is 0.472 e. The van der Waals surface area contributed by atoms with Crippen LogP contribution in [0.3, 0.4) is 0 Å². The molecule has 0 saturated carbocycles. The van der Waals surface area contributed by atoms with Crippen LogP contribution in [0, 0.1) is 11.8 Å². The van der Waals surface area contributed by atoms with Gasteiger partial charge in [0.25, 0.3) is 0 Å². The van der Waals surface area contributed by atoms with E-state index in [1.54, 1.807) is 0 Å². The van der Waals surface area contributed by atoms with Crippen molar-refractivity contribution in [3.05, 3.63) is 0 Å². The van der Waals surface area contributed by atoms with Crippen LogP contribution in [-0.2, 0) is 65.4 Å². The third-order valence-electron chi connectivity index (χ3n) is 19.2. The number of hydrogen-bond donors (Lipinski definition) is 3. The van der Waals surface area contributed by atoms with Crippen LogP contribution in [0.5, 0.6) is 0 Å². The fourth-order valence-electron chi connectivity index (χ4n) is 12.7. The van der Waals surface area contributed by atoms with Crippen molar-refractivity contribution < 1.29 is 80.2 Å². The Morgan fingerprint density at radius 3 is 0.673 bits per heavy atom. The summed E-state index contributed by atoms with van der Waals surface area (Å²) in [5.41, 5.74) is 0. The molecule has 101 heavy (non-hydrogen) atoms. The van der Waals surface area contributed by atoms with E-state index in [2.05, 4.69) is 41.5 Å². The summed E-state index contributed by atoms with van der Waals surface area (Å²) in [6.45, 7) is 9.58. The largest absolute Gasteiger partial charge is 0.472 e. The molecule has 0 aromatic carbocycles. The van der Waals surface area contributed by atoms with Crippen LogP contribution < -0.4 is 0 Å². The quantitative estimate of drug-likeness (QED) is 0.0222. The number of unbranched alkanes of at least 4 members (excludes halogenated alkanes) is 51. The van der Waals surface area contributed by atoms with Gasteiger partial charge in [0.1, 0.15) is 19.3 Å². The van der Waals surface area contributed by atoms with E-state index in [1.165, 1.54) is 244 Å². The number of rotatable bonds is 81. The molecule has 0 spiro atoms. The van der Waals surface area contributed by atoms with Crippen molar-refractivity contribution in [1.82, 2.24) is 0 Å². The number of esters is 4. The average molecular weight is 1480 g/mol. The van der Waals surface area contributed by atoms with Gasteiger partial charge in [0, 0.05) is 25.7 Å². The smallest absolute Gasteiger partial charge is 0.462 e. The lowest BCUT2D eigenvalue weighted by Crippen LogP contribution is -2.30. The first-order valence-corrected chi connectivity index (χ1v) is 45.5. The second-order valence-corrected chi connectivity index (χ2v) is 33.4. The topological polar surface area (TPSA) is 237 Å². The summed E-state index contributed by atoms with van der Waals surface area (Å²) in [5.74, 6) is -0.631. The molecule has 0 radical (unpaired) electrons. The number of carbonyl (C=O) groups is 4. The van der Waals surface area contributed by atoms with Gasteiger partial charge in [0.2, 0.25) is 0 Å². The number of phosphoric acid groups is 2. The predicted molar refractivity (Wildman–Crippen MR) is 414 cm³/mol. The standard InChI is InChI=1S/C82H160O17P2/c1-7-9-11-13-15-17-19-21-22-23-24-25-26-27-28-29-35-39-43-47-55-61-67-81(86)98-77(70-92-79(84)64-58-52-45-41-37-34-31-30-33-36-40-44-50-56-62-74(3)4)72-96-100(88,89)94-68-76(83)69-95-101(90,91)97-73-78(71-93-80(85)65-59-53-49-48-51-57-63-75(5)6)99-82(87)66-60-54-46-42-38-32-20-18-16-14-12-10-8-2/h74-78,83H,7-73H2,1-6H3,(H,88,89)(H,90,91)/t76-,77-,78-/m1/s1. The van der Waals surface area contributed by atoms with E-state index in [0.717, 1.165) is 102 Å². The van der Waals surface area contributed by atoms with Gasteiger partial charge in [-0.25, -0.2) is 9.13 Å². The van der Waals surface area contributed by atoms with Crippen molar-refractivity contribution in [3.63, 3.8) is 0 Å². The Balaban J connectivity index is 5.20. The van der Waals surface area contributed by atoms with Crippen molar-refractivity contribution in [3.8, 4) is 0 Å². The maximum absolute atomic E-state index is 13.1. The first-order valence-electron chi connectivity index (χ1n) is 42.5. The number of aliphatic hydroxyl groups excluding tert-OH is 1. The number of aliphatic hydroxyl groups is 1. The SMILES string of the molecule is CCCCCCCCCCCCCCCCCCCCCCCCC(=O)O[C@H](COC(=O)CCCCCCCCCCCCCCCCC(C)C)COP(=O)(O)OC[C@@H](O)COP(=O)(O)OC[C@@H](COC(=O)CCCCCCCCC(C)C)OC(=O)CCCCCCCCCCCCCCC. The van der Waals surface area contributed by atoms with Crippen LogP contribution in [0.4, 0.5) is 0 Å². The van der Waals surface area contributed by atoms with Gasteiger partial charge in [-0.2, -0.15) is 0 Å². The zero-order chi connectivity index (χ0) is 74.2. The molecule has 600 valence electrons. The molecule has 0 aliphatic rings. The van der Waals surface area contributed by atoms with Gasteiger partial charge in [-0.05, 0) is 37.5 Å². The summed E-state index contributed by atoms with van der Waals surface area (Å²) in [5, 5.41) is 10.6. The average Bonchev–Trinajstić information content (AvgIpc) is 0.928. The summed E-state index contributed by atoms with van der Waals surface area (Å²) in [6.07, 6.45) is 64.1. The highest BCUT2D eigenvalue weighted by Gasteiger charge is 2.30. The van der Waals surface area contributed by atoms with Crippen LogP contribution in [0.15, 0.2) is 0 Å². The molecule has 0 rings (SSSR count). The lowest BCUT2D eigenvalue weighted by Gasteiger charge is -2.21. The van der Waals surface area contributed by atoms with Crippen molar-refractivity contribution >= 4 is 39.5 Å². The summed E-state index contributed by atoms with van der Waals surface area (Å²) >= 11 is 0. The van der Waals surface area contributed by atoms with Gasteiger partial charge in [-0.15, -0.1) is 0 Å². The zero-order valence-corrected chi connectivity index (χ0v) is 68.0. The molecule has 17 nitrogen and oxygen atoms in total. The number of carbonyl (C=O) groups excluding carboxylic acids is 4. The van der Waals surface area contributed by atoms with Gasteiger partial charge in [0.15, 0.2) is 12.2 Å². The summed E-state index contributed by atoms with van der Waals surface area (Å²) in [6, 6.07) is 0. The molecule has 5 atom stereocenters. The molecule has 0 aliphatic carbocycles. The normalized spacial score (nSPS) is 13.9. The lowest BCUT2D eigenvalue weighted by atomic mass is 10.0. The molecule has 0 aromatic rings. The van der Waals surface area contributed by atoms with Gasteiger partial charge < -0.3 is 33.8 Å². The number of ether oxygens (including phenoxy) is 4. The Morgan fingerprint density at radius 1 is 0.267 bits per heavy atom. The molecule has 3 N–H and O–H groups in total. The molecule has 0 aliphatic heterocycles. The molecule has 0 amide bonds. The van der Waals surface area contributed by atoms with Gasteiger partial charge in [-0.3, -0.25) is 37.3 Å². The summed E-state index contributed by atoms with van der Waals surface area (Å²) in [4.78, 5) is 73.0. The van der Waals surface area contributed by atoms with Crippen molar-refractivity contribution in [2.24, 2.45) is 11.8 Å². The first-order chi connectivity index (χ1) is 48.9. The van der Waals surface area contributed by atoms with E-state index in [-0.39, 0.29) is 25.7 Å². The lowest BCUT2D eigenvalue weighted by molar-refractivity contribution is -0.161. The second kappa shape index (κ2) is 73.6. The molecule has 0 bridgehead atoms. The van der Waals surface area contributed by atoms with E-state index in [4.69, 9.17) is 37.0 Å². The third kappa shape index (κ3) is 76.1. The van der Waals surface area contributed by atoms with E-state index in [1.807, 2.05) is 0 Å². The predicted octanol–water partition coefficient (Wildman–Crippen LogP) is 24.7. The third-order valence-corrected chi connectivity index (χ3v) is 21.1. The molecule has 0 fully saturated rings. The van der Waals surface area contributed by atoms with Crippen LogP contribution in [0.1, 0.15) is 433 Å². The highest BCUT2D eigenvalue weighted by atomic mass is 31.2. The molecule has 0 heterocycles. The molecular formula is C82H160O17P2. The van der Waals surface area contributed by atoms with Crippen LogP contribution in [0.25, 0.3) is 0 Å². The minimum Gasteiger partial charge on any atom is -0.462 e. The molecule has 2 unspecified atom stereocenters. The van der Waals surface area contributed by atoms with Crippen LogP contribution >= 0.6 is 15.6 Å². The molecule has 0 saturated heterocycles. The Bertz CT molecular complexity index is 1940.